The number of carboxylic acid groups (broad SMARTS) is 1. The third-order valence-corrected chi connectivity index (χ3v) is 5.86. The van der Waals surface area contributed by atoms with Gasteiger partial charge in [-0.2, -0.15) is 0 Å². The lowest BCUT2D eigenvalue weighted by Crippen LogP contribution is -2.07. The van der Waals surface area contributed by atoms with E-state index in [9.17, 15) is 14.9 Å². The summed E-state index contributed by atoms with van der Waals surface area (Å²) in [7, 11) is 7.48. The number of aliphatic carboxylic acids is 1. The average molecular weight is 570 g/mol. The molecule has 0 aliphatic heterocycles. The van der Waals surface area contributed by atoms with Gasteiger partial charge in [0, 0.05) is 0 Å². The summed E-state index contributed by atoms with van der Waals surface area (Å²) in [5.41, 5.74) is 1.52. The largest absolute Gasteiger partial charge is 0.493 e. The van der Waals surface area contributed by atoms with Crippen molar-refractivity contribution in [2.45, 2.75) is 13.0 Å². The number of benzene rings is 3. The number of carbonyl (C=O) groups is 1. The number of methoxy groups -OCH3 is 5. The van der Waals surface area contributed by atoms with Crippen LogP contribution in [0.2, 0.25) is 0 Å². The van der Waals surface area contributed by atoms with Gasteiger partial charge in [0.2, 0.25) is 5.75 Å². The molecule has 12 nitrogen and oxygen atoms in total. The van der Waals surface area contributed by atoms with Gasteiger partial charge in [0.1, 0.15) is 6.61 Å². The van der Waals surface area contributed by atoms with E-state index in [2.05, 4.69) is 0 Å². The molecule has 0 bridgehead atoms. The third kappa shape index (κ3) is 7.72. The monoisotopic (exact) mass is 569 g/mol. The Morgan fingerprint density at radius 3 is 1.90 bits per heavy atom. The molecule has 0 saturated heterocycles. The molecule has 12 heteroatoms. The summed E-state index contributed by atoms with van der Waals surface area (Å²) in [6.45, 7) is -0.356. The van der Waals surface area contributed by atoms with Crippen molar-refractivity contribution in [2.75, 3.05) is 42.2 Å². The van der Waals surface area contributed by atoms with Crippen LogP contribution in [0.1, 0.15) is 23.1 Å². The molecule has 0 spiro atoms. The standard InChI is InChI=1S/C29H31NO11/c1-35-22-9-8-18(6-7-19-13-26(37-3)29(39-5)27(14-19)38-4)12-24(22)41-17-20-15-23(36-2)25(16-21(20)30(33)34)40-11-10-28(31)32/h6-9,12-16H,10-11,17H2,1-5H3,(H,31,32). The summed E-state index contributed by atoms with van der Waals surface area (Å²) in [6, 6.07) is 11.5. The molecule has 0 fully saturated rings. The van der Waals surface area contributed by atoms with E-state index in [1.807, 2.05) is 18.2 Å². The van der Waals surface area contributed by atoms with Gasteiger partial charge in [0.15, 0.2) is 34.5 Å². The normalized spacial score (nSPS) is 10.7. The predicted molar refractivity (Wildman–Crippen MR) is 150 cm³/mol. The van der Waals surface area contributed by atoms with E-state index in [-0.39, 0.29) is 42.4 Å². The Bertz CT molecular complexity index is 1390. The fourth-order valence-corrected chi connectivity index (χ4v) is 3.85. The number of nitro benzene ring substituents is 1. The lowest BCUT2D eigenvalue weighted by atomic mass is 10.1. The molecule has 0 radical (unpaired) electrons. The van der Waals surface area contributed by atoms with Crippen molar-refractivity contribution in [1.82, 2.24) is 0 Å². The molecule has 0 aliphatic carbocycles. The number of carboxylic acids is 1. The molecule has 0 aromatic heterocycles. The summed E-state index contributed by atoms with van der Waals surface area (Å²) < 4.78 is 38.3. The zero-order chi connectivity index (χ0) is 29.9. The van der Waals surface area contributed by atoms with E-state index >= 15 is 0 Å². The van der Waals surface area contributed by atoms with Crippen molar-refractivity contribution >= 4 is 23.8 Å². The maximum atomic E-state index is 11.8. The van der Waals surface area contributed by atoms with Gasteiger partial charge < -0.3 is 38.3 Å². The van der Waals surface area contributed by atoms with E-state index in [1.54, 1.807) is 24.3 Å². The Morgan fingerprint density at radius 1 is 0.756 bits per heavy atom. The highest BCUT2D eigenvalue weighted by Gasteiger charge is 2.21. The molecular weight excluding hydrogens is 538 g/mol. The molecule has 0 unspecified atom stereocenters. The third-order valence-electron chi connectivity index (χ3n) is 5.86. The van der Waals surface area contributed by atoms with E-state index in [0.717, 1.165) is 11.1 Å². The first kappa shape index (κ1) is 30.4. The minimum absolute atomic E-state index is 0.0562. The zero-order valence-electron chi connectivity index (χ0n) is 23.3. The highest BCUT2D eigenvalue weighted by Crippen LogP contribution is 2.39. The Hall–Kier alpha value is -5.13. The number of ether oxygens (including phenoxy) is 7. The molecule has 0 saturated carbocycles. The molecule has 3 aromatic rings. The van der Waals surface area contributed by atoms with Crippen LogP contribution in [0.5, 0.6) is 40.2 Å². The first-order valence-corrected chi connectivity index (χ1v) is 12.2. The lowest BCUT2D eigenvalue weighted by Gasteiger charge is -2.14. The van der Waals surface area contributed by atoms with E-state index < -0.39 is 10.9 Å². The smallest absolute Gasteiger partial charge is 0.306 e. The molecule has 0 atom stereocenters. The van der Waals surface area contributed by atoms with Gasteiger partial charge in [-0.25, -0.2) is 0 Å². The van der Waals surface area contributed by atoms with Crippen molar-refractivity contribution in [3.05, 3.63) is 69.3 Å². The van der Waals surface area contributed by atoms with Crippen LogP contribution in [-0.4, -0.2) is 58.2 Å². The fourth-order valence-electron chi connectivity index (χ4n) is 3.85. The van der Waals surface area contributed by atoms with Crippen LogP contribution in [-0.2, 0) is 11.4 Å². The van der Waals surface area contributed by atoms with Gasteiger partial charge >= 0.3 is 5.97 Å². The number of rotatable bonds is 15. The first-order valence-electron chi connectivity index (χ1n) is 12.2. The second kappa shape index (κ2) is 14.3. The number of hydrogen-bond donors (Lipinski definition) is 1. The van der Waals surface area contributed by atoms with Crippen molar-refractivity contribution in [2.24, 2.45) is 0 Å². The van der Waals surface area contributed by atoms with Crippen molar-refractivity contribution in [1.29, 1.82) is 0 Å². The van der Waals surface area contributed by atoms with Crippen molar-refractivity contribution in [3.8, 4) is 40.2 Å². The highest BCUT2D eigenvalue weighted by molar-refractivity contribution is 5.73. The average Bonchev–Trinajstić information content (AvgIpc) is 2.97. The second-order valence-electron chi connectivity index (χ2n) is 8.37. The number of nitro groups is 1. The number of hydrogen-bond acceptors (Lipinski definition) is 10. The second-order valence-corrected chi connectivity index (χ2v) is 8.37. The van der Waals surface area contributed by atoms with Gasteiger partial charge in [0.25, 0.3) is 5.69 Å². The van der Waals surface area contributed by atoms with E-state index in [1.165, 1.54) is 47.7 Å². The van der Waals surface area contributed by atoms with E-state index in [0.29, 0.717) is 28.7 Å². The topological polar surface area (TPSA) is 145 Å². The fraction of sp³-hybridized carbons (Fsp3) is 0.276. The van der Waals surface area contributed by atoms with E-state index in [4.69, 9.17) is 38.3 Å². The summed E-state index contributed by atoms with van der Waals surface area (Å²) in [5.74, 6) is 1.50. The Morgan fingerprint density at radius 2 is 1.34 bits per heavy atom. The van der Waals surface area contributed by atoms with Crippen LogP contribution in [0.4, 0.5) is 5.69 Å². The summed E-state index contributed by atoms with van der Waals surface area (Å²) in [4.78, 5) is 22.0. The molecule has 41 heavy (non-hydrogen) atoms. The summed E-state index contributed by atoms with van der Waals surface area (Å²) >= 11 is 0. The maximum Gasteiger partial charge on any atom is 0.306 e. The molecule has 3 rings (SSSR count). The SMILES string of the molecule is COc1cc(COc2cc(C=Cc3cc(OC)c(OC)c(OC)c3)ccc2OC)c([N+](=O)[O-])cc1OCCC(=O)O. The van der Waals surface area contributed by atoms with Crippen LogP contribution < -0.4 is 33.2 Å². The molecule has 0 aliphatic rings. The van der Waals surface area contributed by atoms with Gasteiger partial charge in [-0.3, -0.25) is 14.9 Å². The first-order chi connectivity index (χ1) is 19.7. The van der Waals surface area contributed by atoms with Crippen LogP contribution in [0.3, 0.4) is 0 Å². The molecular formula is C29H31NO11. The quantitative estimate of drug-likeness (QED) is 0.146. The summed E-state index contributed by atoms with van der Waals surface area (Å²) in [5, 5.41) is 20.6. The van der Waals surface area contributed by atoms with Gasteiger partial charge in [0.05, 0.1) is 65.1 Å². The Labute approximate surface area is 236 Å². The van der Waals surface area contributed by atoms with Crippen LogP contribution >= 0.6 is 0 Å². The molecule has 218 valence electrons. The summed E-state index contributed by atoms with van der Waals surface area (Å²) in [6.07, 6.45) is 3.43. The minimum atomic E-state index is -1.06. The van der Waals surface area contributed by atoms with Crippen molar-refractivity contribution in [3.63, 3.8) is 0 Å². The van der Waals surface area contributed by atoms with Crippen molar-refractivity contribution < 1.29 is 48.0 Å². The van der Waals surface area contributed by atoms with Gasteiger partial charge in [-0.05, 0) is 41.5 Å². The van der Waals surface area contributed by atoms with Gasteiger partial charge in [-0.15, -0.1) is 0 Å². The molecule has 3 aromatic carbocycles. The molecule has 1 N–H and O–H groups in total. The van der Waals surface area contributed by atoms with Crippen LogP contribution in [0.15, 0.2) is 42.5 Å². The maximum absolute atomic E-state index is 11.8. The number of nitrogens with zero attached hydrogens (tertiary/aromatic N) is 1. The molecule has 0 amide bonds. The zero-order valence-corrected chi connectivity index (χ0v) is 23.3. The van der Waals surface area contributed by atoms with Crippen LogP contribution in [0.25, 0.3) is 12.2 Å². The minimum Gasteiger partial charge on any atom is -0.493 e. The van der Waals surface area contributed by atoms with Gasteiger partial charge in [-0.1, -0.05) is 18.2 Å². The highest BCUT2D eigenvalue weighted by atomic mass is 16.6. The predicted octanol–water partition coefficient (Wildman–Crippen LogP) is 5.24. The lowest BCUT2D eigenvalue weighted by molar-refractivity contribution is -0.385. The Balaban J connectivity index is 1.87. The molecule has 0 heterocycles. The van der Waals surface area contributed by atoms with Crippen LogP contribution in [0, 0.1) is 10.1 Å². The Kier molecular flexibility index (Phi) is 10.6.